The third-order valence-electron chi connectivity index (χ3n) is 5.70. The fourth-order valence-electron chi connectivity index (χ4n) is 5.84. The molecule has 2 heteroatoms. The fourth-order valence-corrected chi connectivity index (χ4v) is 5.84. The summed E-state index contributed by atoms with van der Waals surface area (Å²) < 4.78 is 0. The first-order chi connectivity index (χ1) is 8.63. The Morgan fingerprint density at radius 2 is 1.67 bits per heavy atom. The van der Waals surface area contributed by atoms with Crippen LogP contribution in [0.2, 0.25) is 0 Å². The maximum Gasteiger partial charge on any atom is 0.00769 e. The van der Waals surface area contributed by atoms with Crippen LogP contribution in [-0.2, 0) is 0 Å². The lowest BCUT2D eigenvalue weighted by atomic mass is 9.44. The van der Waals surface area contributed by atoms with Crippen molar-refractivity contribution in [3.63, 3.8) is 0 Å². The molecule has 0 aromatic heterocycles. The maximum atomic E-state index is 3.73. The van der Waals surface area contributed by atoms with Crippen molar-refractivity contribution in [3.8, 4) is 0 Å². The zero-order valence-corrected chi connectivity index (χ0v) is 12.2. The highest BCUT2D eigenvalue weighted by Crippen LogP contribution is 2.64. The van der Waals surface area contributed by atoms with Crippen LogP contribution in [-0.4, -0.2) is 26.2 Å². The predicted molar refractivity (Wildman–Crippen MR) is 76.6 cm³/mol. The Balaban J connectivity index is 1.55. The highest BCUT2D eigenvalue weighted by Gasteiger charge is 2.55. The van der Waals surface area contributed by atoms with Gasteiger partial charge < -0.3 is 10.6 Å². The molecule has 4 aliphatic carbocycles. The Morgan fingerprint density at radius 1 is 1.00 bits per heavy atom. The number of likely N-dealkylation sites (N-methyl/N-ethyl adjacent to an activating group) is 1. The summed E-state index contributed by atoms with van der Waals surface area (Å²) in [5.41, 5.74) is 1.37. The average Bonchev–Trinajstić information content (AvgIpc) is 2.25. The number of nitrogens with one attached hydrogen (secondary N) is 2. The first kappa shape index (κ1) is 12.9. The van der Waals surface area contributed by atoms with E-state index in [0.717, 1.165) is 31.5 Å². The molecule has 0 aromatic rings. The highest BCUT2D eigenvalue weighted by molar-refractivity contribution is 5.06. The Morgan fingerprint density at radius 3 is 2.28 bits per heavy atom. The summed E-state index contributed by atoms with van der Waals surface area (Å²) in [4.78, 5) is 0. The molecular formula is C16H30N2. The van der Waals surface area contributed by atoms with Crippen LogP contribution in [0.1, 0.15) is 52.4 Å². The van der Waals surface area contributed by atoms with E-state index in [9.17, 15) is 0 Å². The van der Waals surface area contributed by atoms with Crippen LogP contribution in [0, 0.1) is 22.7 Å². The van der Waals surface area contributed by atoms with E-state index in [1.165, 1.54) is 38.6 Å². The van der Waals surface area contributed by atoms with Crippen LogP contribution < -0.4 is 10.6 Å². The molecule has 2 N–H and O–H groups in total. The van der Waals surface area contributed by atoms with Crippen molar-refractivity contribution in [1.82, 2.24) is 10.6 Å². The van der Waals surface area contributed by atoms with Gasteiger partial charge in [-0.3, -0.25) is 0 Å². The minimum absolute atomic E-state index is 0.672. The van der Waals surface area contributed by atoms with Crippen molar-refractivity contribution in [2.75, 3.05) is 26.2 Å². The smallest absolute Gasteiger partial charge is 0.00769 e. The summed E-state index contributed by atoms with van der Waals surface area (Å²) in [6.45, 7) is 9.38. The lowest BCUT2D eigenvalue weighted by Crippen LogP contribution is -2.54. The second-order valence-corrected chi connectivity index (χ2v) is 7.80. The zero-order valence-electron chi connectivity index (χ0n) is 12.2. The molecule has 0 radical (unpaired) electrons. The Hall–Kier alpha value is -0.0800. The van der Waals surface area contributed by atoms with Gasteiger partial charge >= 0.3 is 0 Å². The van der Waals surface area contributed by atoms with E-state index in [1.807, 2.05) is 0 Å². The third kappa shape index (κ3) is 2.46. The SMILES string of the molecule is CCNCCNCC12CC3CC(CC(C)(C3)C1)C2. The fraction of sp³-hybridized carbons (Fsp3) is 1.00. The Labute approximate surface area is 112 Å². The van der Waals surface area contributed by atoms with Crippen LogP contribution >= 0.6 is 0 Å². The standard InChI is InChI=1S/C16H30N2/c1-3-17-4-5-18-12-16-9-13-6-14(10-16)8-15(2,7-13)11-16/h13-14,17-18H,3-12H2,1-2H3. The largest absolute Gasteiger partial charge is 0.316 e. The summed E-state index contributed by atoms with van der Waals surface area (Å²) in [5, 5.41) is 7.13. The highest BCUT2D eigenvalue weighted by atomic mass is 14.9. The van der Waals surface area contributed by atoms with Gasteiger partial charge in [-0.05, 0) is 67.7 Å². The van der Waals surface area contributed by atoms with Crippen LogP contribution in [0.3, 0.4) is 0 Å². The van der Waals surface area contributed by atoms with E-state index in [0.29, 0.717) is 10.8 Å². The summed E-state index contributed by atoms with van der Waals surface area (Å²) in [6.07, 6.45) is 9.15. The average molecular weight is 250 g/mol. The maximum absolute atomic E-state index is 3.73. The van der Waals surface area contributed by atoms with Crippen molar-refractivity contribution in [1.29, 1.82) is 0 Å². The summed E-state index contributed by atoms with van der Waals surface area (Å²) in [7, 11) is 0. The van der Waals surface area contributed by atoms with Gasteiger partial charge in [0.2, 0.25) is 0 Å². The minimum atomic E-state index is 0.672. The monoisotopic (exact) mass is 250 g/mol. The molecule has 18 heavy (non-hydrogen) atoms. The molecule has 2 nitrogen and oxygen atoms in total. The zero-order chi connectivity index (χ0) is 12.6. The third-order valence-corrected chi connectivity index (χ3v) is 5.70. The van der Waals surface area contributed by atoms with Gasteiger partial charge in [-0.2, -0.15) is 0 Å². The number of hydrogen-bond donors (Lipinski definition) is 2. The predicted octanol–water partition coefficient (Wildman–Crippen LogP) is 2.79. The topological polar surface area (TPSA) is 24.1 Å². The van der Waals surface area contributed by atoms with Crippen molar-refractivity contribution in [2.24, 2.45) is 22.7 Å². The molecule has 2 atom stereocenters. The second kappa shape index (κ2) is 4.79. The summed E-state index contributed by atoms with van der Waals surface area (Å²) >= 11 is 0. The first-order valence-corrected chi connectivity index (χ1v) is 8.05. The molecule has 0 aromatic carbocycles. The number of rotatable bonds is 6. The normalized spacial score (nSPS) is 45.7. The van der Waals surface area contributed by atoms with Crippen LogP contribution in [0.15, 0.2) is 0 Å². The molecule has 4 rings (SSSR count). The van der Waals surface area contributed by atoms with Gasteiger partial charge in [0.05, 0.1) is 0 Å². The van der Waals surface area contributed by atoms with E-state index >= 15 is 0 Å². The molecule has 4 aliphatic rings. The summed E-state index contributed by atoms with van der Waals surface area (Å²) in [6, 6.07) is 0. The molecule has 0 spiro atoms. The molecule has 0 amide bonds. The van der Waals surface area contributed by atoms with Gasteiger partial charge in [0, 0.05) is 19.6 Å². The Bertz CT molecular complexity index is 285. The van der Waals surface area contributed by atoms with Crippen LogP contribution in [0.4, 0.5) is 0 Å². The van der Waals surface area contributed by atoms with Gasteiger partial charge in [-0.15, -0.1) is 0 Å². The van der Waals surface area contributed by atoms with E-state index in [2.05, 4.69) is 24.5 Å². The molecule has 0 heterocycles. The molecule has 0 aliphatic heterocycles. The van der Waals surface area contributed by atoms with Gasteiger partial charge in [-0.1, -0.05) is 13.8 Å². The minimum Gasteiger partial charge on any atom is -0.316 e. The molecule has 4 bridgehead atoms. The molecular weight excluding hydrogens is 220 g/mol. The van der Waals surface area contributed by atoms with Crippen LogP contribution in [0.5, 0.6) is 0 Å². The van der Waals surface area contributed by atoms with E-state index < -0.39 is 0 Å². The van der Waals surface area contributed by atoms with Gasteiger partial charge in [0.15, 0.2) is 0 Å². The quantitative estimate of drug-likeness (QED) is 0.708. The molecule has 104 valence electrons. The summed E-state index contributed by atoms with van der Waals surface area (Å²) in [5.74, 6) is 2.12. The van der Waals surface area contributed by atoms with Gasteiger partial charge in [0.1, 0.15) is 0 Å². The lowest BCUT2D eigenvalue weighted by molar-refractivity contribution is -0.0997. The van der Waals surface area contributed by atoms with E-state index in [4.69, 9.17) is 0 Å². The van der Waals surface area contributed by atoms with Crippen molar-refractivity contribution < 1.29 is 0 Å². The molecule has 2 unspecified atom stereocenters. The molecule has 0 saturated heterocycles. The van der Waals surface area contributed by atoms with Crippen molar-refractivity contribution in [3.05, 3.63) is 0 Å². The molecule has 4 fully saturated rings. The van der Waals surface area contributed by atoms with Crippen molar-refractivity contribution >= 4 is 0 Å². The Kier molecular flexibility index (Phi) is 3.44. The second-order valence-electron chi connectivity index (χ2n) is 7.80. The van der Waals surface area contributed by atoms with Crippen molar-refractivity contribution in [2.45, 2.75) is 52.4 Å². The van der Waals surface area contributed by atoms with E-state index in [1.54, 1.807) is 6.42 Å². The number of hydrogen-bond acceptors (Lipinski definition) is 2. The van der Waals surface area contributed by atoms with E-state index in [-0.39, 0.29) is 0 Å². The first-order valence-electron chi connectivity index (χ1n) is 8.05. The van der Waals surface area contributed by atoms with Gasteiger partial charge in [-0.25, -0.2) is 0 Å². The molecule has 4 saturated carbocycles. The van der Waals surface area contributed by atoms with Gasteiger partial charge in [0.25, 0.3) is 0 Å². The van der Waals surface area contributed by atoms with Crippen LogP contribution in [0.25, 0.3) is 0 Å². The lowest BCUT2D eigenvalue weighted by Gasteiger charge is -2.61.